The molecule has 1 saturated heterocycles. The maximum absolute atomic E-state index is 14.3. The van der Waals surface area contributed by atoms with Crippen LogP contribution in [0, 0.1) is 19.7 Å². The smallest absolute Gasteiger partial charge is 0.335 e. The van der Waals surface area contributed by atoms with Crippen LogP contribution in [0.4, 0.5) is 14.9 Å². The Morgan fingerprint density at radius 3 is 2.41 bits per heavy atom. The molecule has 1 N–H and O–H groups in total. The fourth-order valence-corrected chi connectivity index (χ4v) is 3.76. The number of ether oxygens (including phenoxy) is 1. The zero-order chi connectivity index (χ0) is 24.4. The normalized spacial score (nSPS) is 15.0. The van der Waals surface area contributed by atoms with E-state index >= 15 is 0 Å². The highest BCUT2D eigenvalue weighted by Gasteiger charge is 2.37. The van der Waals surface area contributed by atoms with Crippen molar-refractivity contribution in [2.45, 2.75) is 20.3 Å². The Morgan fingerprint density at radius 2 is 1.71 bits per heavy atom. The molecule has 1 fully saturated rings. The number of imide groups is 2. The lowest BCUT2D eigenvalue weighted by Gasteiger charge is -2.27. The standard InChI is InChI=1S/C27H23FN2O4/c1-16-8-10-21(12-17(16)2)30-26(32)23(25(31)29-27(30)33)15-18-9-11-22(34-3)14-20(18)13-19-6-4-5-7-24(19)28/h4-12,14-15H,13H2,1-3H3,(H,29,31,33)/b23-15+. The second kappa shape index (κ2) is 9.31. The summed E-state index contributed by atoms with van der Waals surface area (Å²) in [6.07, 6.45) is 1.65. The third-order valence-corrected chi connectivity index (χ3v) is 5.84. The number of nitrogens with zero attached hydrogens (tertiary/aromatic N) is 1. The highest BCUT2D eigenvalue weighted by Crippen LogP contribution is 2.27. The summed E-state index contributed by atoms with van der Waals surface area (Å²) in [6.45, 7) is 3.80. The minimum absolute atomic E-state index is 0.197. The lowest BCUT2D eigenvalue weighted by Crippen LogP contribution is -2.54. The zero-order valence-electron chi connectivity index (χ0n) is 19.0. The first kappa shape index (κ1) is 22.9. The number of rotatable bonds is 5. The Bertz CT molecular complexity index is 1350. The van der Waals surface area contributed by atoms with E-state index in [2.05, 4.69) is 5.32 Å². The van der Waals surface area contributed by atoms with E-state index in [1.807, 2.05) is 13.8 Å². The number of hydrogen-bond acceptors (Lipinski definition) is 4. The van der Waals surface area contributed by atoms with Crippen molar-refractivity contribution in [3.8, 4) is 5.75 Å². The average Bonchev–Trinajstić information content (AvgIpc) is 2.81. The third-order valence-electron chi connectivity index (χ3n) is 5.84. The van der Waals surface area contributed by atoms with E-state index in [0.717, 1.165) is 16.0 Å². The first-order valence-electron chi connectivity index (χ1n) is 10.7. The number of carbonyl (C=O) groups is 3. The van der Waals surface area contributed by atoms with Gasteiger partial charge in [-0.3, -0.25) is 14.9 Å². The number of carbonyl (C=O) groups excluding carboxylic acids is 3. The Balaban J connectivity index is 1.77. The second-order valence-electron chi connectivity index (χ2n) is 8.06. The SMILES string of the molecule is COc1ccc(/C=C2\C(=O)NC(=O)N(c3ccc(C)c(C)c3)C2=O)c(Cc2ccccc2F)c1. The summed E-state index contributed by atoms with van der Waals surface area (Å²) >= 11 is 0. The van der Waals surface area contributed by atoms with E-state index in [1.165, 1.54) is 19.3 Å². The van der Waals surface area contributed by atoms with E-state index in [9.17, 15) is 18.8 Å². The number of anilines is 1. The van der Waals surface area contributed by atoms with Crippen molar-refractivity contribution in [1.29, 1.82) is 0 Å². The minimum atomic E-state index is -0.809. The highest BCUT2D eigenvalue weighted by atomic mass is 19.1. The number of urea groups is 1. The van der Waals surface area contributed by atoms with Crippen LogP contribution < -0.4 is 15.0 Å². The average molecular weight is 458 g/mol. The van der Waals surface area contributed by atoms with Gasteiger partial charge in [0.25, 0.3) is 11.8 Å². The van der Waals surface area contributed by atoms with Crippen LogP contribution in [0.25, 0.3) is 6.08 Å². The molecule has 34 heavy (non-hydrogen) atoms. The van der Waals surface area contributed by atoms with Gasteiger partial charge < -0.3 is 4.74 Å². The Kier molecular flexibility index (Phi) is 6.27. The molecule has 0 bridgehead atoms. The largest absolute Gasteiger partial charge is 0.497 e. The van der Waals surface area contributed by atoms with Gasteiger partial charge >= 0.3 is 6.03 Å². The van der Waals surface area contributed by atoms with E-state index in [4.69, 9.17) is 4.74 Å². The van der Waals surface area contributed by atoms with Crippen LogP contribution in [0.5, 0.6) is 5.75 Å². The molecular formula is C27H23FN2O4. The van der Waals surface area contributed by atoms with Gasteiger partial charge in [0.05, 0.1) is 12.8 Å². The molecule has 4 rings (SSSR count). The van der Waals surface area contributed by atoms with Gasteiger partial charge in [0.15, 0.2) is 0 Å². The molecule has 0 aromatic heterocycles. The second-order valence-corrected chi connectivity index (χ2v) is 8.06. The summed E-state index contributed by atoms with van der Waals surface area (Å²) in [6, 6.07) is 15.9. The first-order chi connectivity index (χ1) is 16.3. The van der Waals surface area contributed by atoms with Gasteiger partial charge in [0.2, 0.25) is 0 Å². The van der Waals surface area contributed by atoms with Gasteiger partial charge in [-0.2, -0.15) is 0 Å². The molecule has 1 heterocycles. The first-order valence-corrected chi connectivity index (χ1v) is 10.7. The number of benzene rings is 3. The van der Waals surface area contributed by atoms with Crippen LogP contribution in [0.15, 0.2) is 66.2 Å². The third kappa shape index (κ3) is 4.45. The van der Waals surface area contributed by atoms with Crippen LogP contribution in [-0.4, -0.2) is 25.0 Å². The van der Waals surface area contributed by atoms with Crippen LogP contribution in [0.3, 0.4) is 0 Å². The van der Waals surface area contributed by atoms with Crippen molar-refractivity contribution in [3.05, 3.63) is 99.9 Å². The molecule has 4 amide bonds. The summed E-state index contributed by atoms with van der Waals surface area (Å²) in [5, 5.41) is 2.24. The monoisotopic (exact) mass is 458 g/mol. The number of nitrogens with one attached hydrogen (secondary N) is 1. The molecule has 0 atom stereocenters. The van der Waals surface area contributed by atoms with E-state index < -0.39 is 17.8 Å². The quantitative estimate of drug-likeness (QED) is 0.444. The van der Waals surface area contributed by atoms with Crippen LogP contribution in [0.1, 0.15) is 27.8 Å². The number of hydrogen-bond donors (Lipinski definition) is 1. The number of aryl methyl sites for hydroxylation is 2. The van der Waals surface area contributed by atoms with Crippen molar-refractivity contribution in [3.63, 3.8) is 0 Å². The van der Waals surface area contributed by atoms with Crippen LogP contribution >= 0.6 is 0 Å². The summed E-state index contributed by atoms with van der Waals surface area (Å²) in [5.74, 6) is -1.32. The predicted molar refractivity (Wildman–Crippen MR) is 127 cm³/mol. The van der Waals surface area contributed by atoms with Gasteiger partial charge in [0, 0.05) is 6.42 Å². The molecule has 7 heteroatoms. The van der Waals surface area contributed by atoms with Crippen molar-refractivity contribution < 1.29 is 23.5 Å². The molecule has 172 valence electrons. The van der Waals surface area contributed by atoms with Gasteiger partial charge in [0.1, 0.15) is 17.1 Å². The van der Waals surface area contributed by atoms with Crippen molar-refractivity contribution in [2.75, 3.05) is 12.0 Å². The summed E-state index contributed by atoms with van der Waals surface area (Å²) in [4.78, 5) is 39.4. The van der Waals surface area contributed by atoms with E-state index in [-0.39, 0.29) is 17.8 Å². The molecule has 1 aliphatic rings. The fraction of sp³-hybridized carbons (Fsp3) is 0.148. The molecule has 0 radical (unpaired) electrons. The van der Waals surface area contributed by atoms with Gasteiger partial charge in [-0.15, -0.1) is 0 Å². The maximum atomic E-state index is 14.3. The molecule has 0 spiro atoms. The Labute approximate surface area is 196 Å². The van der Waals surface area contributed by atoms with Gasteiger partial charge in [-0.05, 0) is 78.1 Å². The predicted octanol–water partition coefficient (Wildman–Crippen LogP) is 4.71. The van der Waals surface area contributed by atoms with E-state index in [0.29, 0.717) is 28.1 Å². The van der Waals surface area contributed by atoms with Gasteiger partial charge in [-0.25, -0.2) is 14.1 Å². The van der Waals surface area contributed by atoms with Gasteiger partial charge in [-0.1, -0.05) is 30.3 Å². The van der Waals surface area contributed by atoms with Crippen molar-refractivity contribution in [2.24, 2.45) is 0 Å². The fourth-order valence-electron chi connectivity index (χ4n) is 3.76. The van der Waals surface area contributed by atoms with Crippen molar-refractivity contribution in [1.82, 2.24) is 5.32 Å². The number of halogens is 1. The lowest BCUT2D eigenvalue weighted by atomic mass is 9.96. The molecule has 3 aromatic rings. The molecule has 6 nitrogen and oxygen atoms in total. The zero-order valence-corrected chi connectivity index (χ0v) is 19.0. The lowest BCUT2D eigenvalue weighted by molar-refractivity contribution is -0.122. The summed E-state index contributed by atoms with van der Waals surface area (Å²) in [5.41, 5.74) is 3.74. The molecule has 0 unspecified atom stereocenters. The topological polar surface area (TPSA) is 75.7 Å². The minimum Gasteiger partial charge on any atom is -0.497 e. The van der Waals surface area contributed by atoms with Crippen molar-refractivity contribution >= 4 is 29.6 Å². The van der Waals surface area contributed by atoms with E-state index in [1.54, 1.807) is 54.6 Å². The Hall–Kier alpha value is -4.26. The highest BCUT2D eigenvalue weighted by molar-refractivity contribution is 6.39. The number of amides is 4. The molecular weight excluding hydrogens is 435 g/mol. The molecule has 1 aliphatic heterocycles. The maximum Gasteiger partial charge on any atom is 0.335 e. The Morgan fingerprint density at radius 1 is 0.941 bits per heavy atom. The summed E-state index contributed by atoms with van der Waals surface area (Å²) < 4.78 is 19.6. The molecule has 0 aliphatic carbocycles. The number of methoxy groups -OCH3 is 1. The molecule has 3 aromatic carbocycles. The molecule has 0 saturated carbocycles. The number of barbiturate groups is 1. The summed E-state index contributed by atoms with van der Waals surface area (Å²) in [7, 11) is 1.52. The van der Waals surface area contributed by atoms with Crippen LogP contribution in [0.2, 0.25) is 0 Å². The van der Waals surface area contributed by atoms with Crippen LogP contribution in [-0.2, 0) is 16.0 Å².